The SMILES string of the molecule is CCCCCCOc1ccc(-c2ccc(CCCC)cc2)nc1.CCCCCOc1ccc(-c2ccc(CCCC)cc2)nc1.CCCCOc1ccc(-c2ccc(CCCC)cc2)nc1.CCCCc1ccc(-c2ccc(OCCC)cn2)cc1. The number of ether oxygens (including phenoxy) is 4. The number of aromatic nitrogens is 4. The van der Waals surface area contributed by atoms with Crippen LogP contribution in [0.25, 0.3) is 45.0 Å². The van der Waals surface area contributed by atoms with Gasteiger partial charge in [-0.05, 0) is 148 Å². The van der Waals surface area contributed by atoms with Crippen LogP contribution in [-0.2, 0) is 25.7 Å². The van der Waals surface area contributed by atoms with Crippen molar-refractivity contribution in [2.24, 2.45) is 0 Å². The third kappa shape index (κ3) is 27.4. The van der Waals surface area contributed by atoms with Crippen molar-refractivity contribution in [3.63, 3.8) is 0 Å². The molecule has 8 heteroatoms. The Balaban J connectivity index is 0.000000210. The first-order valence-electron chi connectivity index (χ1n) is 33.1. The van der Waals surface area contributed by atoms with Gasteiger partial charge in [0.15, 0.2) is 0 Å². The number of hydrogen-bond donors (Lipinski definition) is 0. The molecule has 0 saturated heterocycles. The molecule has 8 nitrogen and oxygen atoms in total. The Morgan fingerprint density at radius 1 is 0.221 bits per heavy atom. The number of aryl methyl sites for hydroxylation is 4. The van der Waals surface area contributed by atoms with E-state index in [2.05, 4.69) is 172 Å². The van der Waals surface area contributed by atoms with Gasteiger partial charge in [0, 0.05) is 22.3 Å². The van der Waals surface area contributed by atoms with Crippen LogP contribution in [0.3, 0.4) is 0 Å². The third-order valence-corrected chi connectivity index (χ3v) is 14.7. The van der Waals surface area contributed by atoms with Crippen LogP contribution in [0.1, 0.15) is 193 Å². The zero-order chi connectivity index (χ0) is 61.1. The van der Waals surface area contributed by atoms with Crippen LogP contribution in [0, 0.1) is 0 Å². The molecule has 4 heterocycles. The summed E-state index contributed by atoms with van der Waals surface area (Å²) in [5, 5.41) is 0. The number of rotatable bonds is 34. The second-order valence-electron chi connectivity index (χ2n) is 22.2. The quantitative estimate of drug-likeness (QED) is 0.0369. The minimum atomic E-state index is 0.743. The molecule has 8 aromatic rings. The minimum Gasteiger partial charge on any atom is -0.492 e. The van der Waals surface area contributed by atoms with Crippen molar-refractivity contribution in [1.82, 2.24) is 19.9 Å². The Hall–Kier alpha value is -7.32. The van der Waals surface area contributed by atoms with E-state index in [9.17, 15) is 0 Å². The van der Waals surface area contributed by atoms with Crippen LogP contribution in [-0.4, -0.2) is 46.4 Å². The van der Waals surface area contributed by atoms with Crippen LogP contribution in [0.5, 0.6) is 23.0 Å². The monoisotopic (exact) mass is 1160 g/mol. The normalized spacial score (nSPS) is 10.6. The van der Waals surface area contributed by atoms with E-state index in [1.165, 1.54) is 111 Å². The van der Waals surface area contributed by atoms with E-state index in [1.807, 2.05) is 67.1 Å². The van der Waals surface area contributed by atoms with Crippen molar-refractivity contribution in [1.29, 1.82) is 0 Å². The summed E-state index contributed by atoms with van der Waals surface area (Å²) in [6.07, 6.45) is 33.6. The molecule has 0 spiro atoms. The van der Waals surface area contributed by atoms with Crippen molar-refractivity contribution >= 4 is 0 Å². The smallest absolute Gasteiger partial charge is 0.137 e. The lowest BCUT2D eigenvalue weighted by Crippen LogP contribution is -1.97. The molecule has 4 aromatic heterocycles. The third-order valence-electron chi connectivity index (χ3n) is 14.7. The predicted molar refractivity (Wildman–Crippen MR) is 364 cm³/mol. The molecular formula is C78H104N4O4. The summed E-state index contributed by atoms with van der Waals surface area (Å²) < 4.78 is 22.6. The largest absolute Gasteiger partial charge is 0.492 e. The van der Waals surface area contributed by atoms with Crippen LogP contribution < -0.4 is 18.9 Å². The first kappa shape index (κ1) is 69.5. The summed E-state index contributed by atoms with van der Waals surface area (Å²) in [5.74, 6) is 3.42. The zero-order valence-corrected chi connectivity index (χ0v) is 54.0. The van der Waals surface area contributed by atoms with E-state index in [0.29, 0.717) is 0 Å². The van der Waals surface area contributed by atoms with Crippen molar-refractivity contribution in [2.75, 3.05) is 26.4 Å². The Kier molecular flexibility index (Phi) is 35.0. The number of unbranched alkanes of at least 4 members (excludes halogenated alkanes) is 10. The van der Waals surface area contributed by atoms with E-state index in [0.717, 1.165) is 147 Å². The molecule has 4 aromatic carbocycles. The molecule has 0 aliphatic carbocycles. The highest BCUT2D eigenvalue weighted by atomic mass is 16.5. The molecule has 0 aliphatic heterocycles. The number of pyridine rings is 4. The highest BCUT2D eigenvalue weighted by molar-refractivity contribution is 5.62. The van der Waals surface area contributed by atoms with E-state index in [4.69, 9.17) is 18.9 Å². The molecule has 0 aliphatic rings. The van der Waals surface area contributed by atoms with Gasteiger partial charge in [0.2, 0.25) is 0 Å². The summed E-state index contributed by atoms with van der Waals surface area (Å²) in [7, 11) is 0. The van der Waals surface area contributed by atoms with Crippen LogP contribution >= 0.6 is 0 Å². The fourth-order valence-electron chi connectivity index (χ4n) is 9.25. The molecule has 8 rings (SSSR count). The average molecular weight is 1160 g/mol. The highest BCUT2D eigenvalue weighted by Gasteiger charge is 2.06. The molecule has 86 heavy (non-hydrogen) atoms. The van der Waals surface area contributed by atoms with E-state index in [-0.39, 0.29) is 0 Å². The Morgan fingerprint density at radius 3 is 0.709 bits per heavy atom. The second-order valence-corrected chi connectivity index (χ2v) is 22.2. The maximum Gasteiger partial charge on any atom is 0.137 e. The van der Waals surface area contributed by atoms with Crippen molar-refractivity contribution < 1.29 is 18.9 Å². The van der Waals surface area contributed by atoms with Crippen LogP contribution in [0.2, 0.25) is 0 Å². The topological polar surface area (TPSA) is 88.5 Å². The molecule has 0 fully saturated rings. The van der Waals surface area contributed by atoms with Gasteiger partial charge in [-0.25, -0.2) is 0 Å². The number of nitrogens with zero attached hydrogens (tertiary/aromatic N) is 4. The first-order chi connectivity index (χ1) is 42.3. The standard InChI is InChI=1S/C21H29NO.C20H27NO.C19H25NO.C18H23NO/c1-3-5-7-8-16-23-20-14-15-21(22-17-20)19-12-10-18(11-13-19)9-6-4-2;1-3-5-7-15-22-19-13-14-20(21-16-19)18-11-9-17(10-12-18)8-6-4-2;1-3-5-7-16-8-10-17(11-9-16)19-13-12-18(15-20-19)21-14-6-4-2;1-3-5-6-15-7-9-16(10-8-15)18-12-11-17(14-19-18)20-13-4-2/h10-15,17H,3-9,16H2,1-2H3;9-14,16H,3-8,15H2,1-2H3;8-13,15H,3-7,14H2,1-2H3;7-12,14H,3-6,13H2,1-2H3. The fraction of sp³-hybridized carbons (Fsp3) is 0.436. The van der Waals surface area contributed by atoms with Gasteiger partial charge in [0.25, 0.3) is 0 Å². The molecule has 0 radical (unpaired) electrons. The maximum atomic E-state index is 5.74. The van der Waals surface area contributed by atoms with Gasteiger partial charge in [0.05, 0.1) is 74.0 Å². The van der Waals surface area contributed by atoms with Crippen molar-refractivity contribution in [3.8, 4) is 68.0 Å². The van der Waals surface area contributed by atoms with Gasteiger partial charge in [-0.1, -0.05) is 217 Å². The van der Waals surface area contributed by atoms with Gasteiger partial charge in [-0.3, -0.25) is 19.9 Å². The summed E-state index contributed by atoms with van der Waals surface area (Å²) in [5.41, 5.74) is 14.3. The minimum absolute atomic E-state index is 0.743. The first-order valence-corrected chi connectivity index (χ1v) is 33.1. The number of hydrogen-bond acceptors (Lipinski definition) is 8. The highest BCUT2D eigenvalue weighted by Crippen LogP contribution is 2.25. The molecule has 0 N–H and O–H groups in total. The van der Waals surface area contributed by atoms with Crippen molar-refractivity contribution in [2.45, 2.75) is 197 Å². The van der Waals surface area contributed by atoms with Crippen LogP contribution in [0.15, 0.2) is 170 Å². The molecule has 0 amide bonds. The lowest BCUT2D eigenvalue weighted by atomic mass is 10.0. The molecular weight excluding hydrogens is 1060 g/mol. The van der Waals surface area contributed by atoms with Gasteiger partial charge in [-0.2, -0.15) is 0 Å². The van der Waals surface area contributed by atoms with Crippen LogP contribution in [0.4, 0.5) is 0 Å². The molecule has 0 bridgehead atoms. The van der Waals surface area contributed by atoms with Gasteiger partial charge in [0.1, 0.15) is 23.0 Å². The second kappa shape index (κ2) is 43.3. The summed E-state index contributed by atoms with van der Waals surface area (Å²) in [6.45, 7) is 20.7. The van der Waals surface area contributed by atoms with Crippen molar-refractivity contribution in [3.05, 3.63) is 193 Å². The van der Waals surface area contributed by atoms with E-state index < -0.39 is 0 Å². The summed E-state index contributed by atoms with van der Waals surface area (Å²) in [4.78, 5) is 18.0. The van der Waals surface area contributed by atoms with Gasteiger partial charge >= 0.3 is 0 Å². The van der Waals surface area contributed by atoms with E-state index in [1.54, 1.807) is 6.20 Å². The maximum absolute atomic E-state index is 5.74. The summed E-state index contributed by atoms with van der Waals surface area (Å²) >= 11 is 0. The zero-order valence-electron chi connectivity index (χ0n) is 54.0. The molecule has 0 unspecified atom stereocenters. The predicted octanol–water partition coefficient (Wildman–Crippen LogP) is 21.9. The summed E-state index contributed by atoms with van der Waals surface area (Å²) in [6, 6.07) is 51.1. The Bertz CT molecular complexity index is 2860. The molecule has 0 saturated carbocycles. The lowest BCUT2D eigenvalue weighted by Gasteiger charge is -2.07. The Morgan fingerprint density at radius 2 is 0.465 bits per heavy atom. The lowest BCUT2D eigenvalue weighted by molar-refractivity contribution is 0.304. The van der Waals surface area contributed by atoms with Gasteiger partial charge < -0.3 is 18.9 Å². The van der Waals surface area contributed by atoms with E-state index >= 15 is 0 Å². The fourth-order valence-corrected chi connectivity index (χ4v) is 9.25. The molecule has 0 atom stereocenters. The van der Waals surface area contributed by atoms with Gasteiger partial charge in [-0.15, -0.1) is 0 Å². The average Bonchev–Trinajstić information content (AvgIpc) is 3.77. The Labute approximate surface area is 520 Å². The number of benzene rings is 4. The molecule has 460 valence electrons.